The van der Waals surface area contributed by atoms with E-state index >= 15 is 0 Å². The number of hydrogen-bond acceptors (Lipinski definition) is 7. The molecule has 2 heterocycles. The van der Waals surface area contributed by atoms with Crippen LogP contribution in [-0.4, -0.2) is 63.0 Å². The zero-order valence-electron chi connectivity index (χ0n) is 14.0. The second kappa shape index (κ2) is 5.34. The van der Waals surface area contributed by atoms with Crippen LogP contribution >= 0.6 is 0 Å². The van der Waals surface area contributed by atoms with Crippen LogP contribution in [0.4, 0.5) is 4.79 Å². The molecule has 2 saturated heterocycles. The summed E-state index contributed by atoms with van der Waals surface area (Å²) in [6.07, 6.45) is 0.973. The van der Waals surface area contributed by atoms with E-state index in [0.29, 0.717) is 12.8 Å². The number of methoxy groups -OCH3 is 1. The maximum absolute atomic E-state index is 12.4. The normalized spacial score (nSPS) is 29.9. The average molecular weight is 349 g/mol. The molecular formula is C14H23NO7S. The topological polar surface area (TPSA) is 99.2 Å². The lowest BCUT2D eigenvalue weighted by Crippen LogP contribution is -2.58. The van der Waals surface area contributed by atoms with Crippen molar-refractivity contribution >= 4 is 22.2 Å². The molecule has 0 aromatic carbocycles. The van der Waals surface area contributed by atoms with E-state index in [1.54, 1.807) is 20.8 Å². The largest absolute Gasteiger partial charge is 0.467 e. The average Bonchev–Trinajstić information content (AvgIpc) is 2.84. The molecular weight excluding hydrogens is 326 g/mol. The lowest BCUT2D eigenvalue weighted by molar-refractivity contribution is -0.158. The first kappa shape index (κ1) is 18.0. The summed E-state index contributed by atoms with van der Waals surface area (Å²) in [5, 5.41) is 0. The second-order valence-corrected chi connectivity index (χ2v) is 9.05. The number of rotatable bonds is 4. The minimum Gasteiger partial charge on any atom is -0.467 e. The van der Waals surface area contributed by atoms with E-state index in [0.717, 1.165) is 6.26 Å². The molecule has 1 amide bonds. The maximum atomic E-state index is 12.4. The summed E-state index contributed by atoms with van der Waals surface area (Å²) in [7, 11) is -2.33. The van der Waals surface area contributed by atoms with Gasteiger partial charge in [-0.05, 0) is 33.6 Å². The summed E-state index contributed by atoms with van der Waals surface area (Å²) < 4.78 is 37.5. The fourth-order valence-electron chi connectivity index (χ4n) is 3.36. The third kappa shape index (κ3) is 3.45. The van der Waals surface area contributed by atoms with Crippen molar-refractivity contribution in [1.82, 2.24) is 4.90 Å². The summed E-state index contributed by atoms with van der Waals surface area (Å²) in [6, 6.07) is 0. The molecule has 0 aromatic rings. The number of esters is 1. The molecule has 2 bridgehead atoms. The molecule has 1 aliphatic carbocycles. The Balaban J connectivity index is 2.19. The first-order valence-corrected chi connectivity index (χ1v) is 9.08. The van der Waals surface area contributed by atoms with Crippen molar-refractivity contribution in [1.29, 1.82) is 0 Å². The van der Waals surface area contributed by atoms with Gasteiger partial charge in [0.2, 0.25) is 0 Å². The third-order valence-corrected chi connectivity index (χ3v) is 4.65. The standard InChI is InChI=1S/C14H23NO7S/c1-12(2,3)22-11(17)15-8-13(9-21-23(5,18)19)6-14(15,7-13)10(16)20-4/h6-9H2,1-5H3. The molecule has 3 aliphatic rings. The van der Waals surface area contributed by atoms with E-state index in [2.05, 4.69) is 0 Å². The van der Waals surface area contributed by atoms with E-state index < -0.39 is 38.7 Å². The minimum atomic E-state index is -3.59. The number of ether oxygens (including phenoxy) is 2. The highest BCUT2D eigenvalue weighted by atomic mass is 32.2. The Morgan fingerprint density at radius 3 is 2.22 bits per heavy atom. The Morgan fingerprint density at radius 2 is 1.78 bits per heavy atom. The van der Waals surface area contributed by atoms with Gasteiger partial charge in [-0.15, -0.1) is 0 Å². The van der Waals surface area contributed by atoms with Crippen LogP contribution < -0.4 is 0 Å². The number of fused-ring (bicyclic) bond motifs is 1. The van der Waals surface area contributed by atoms with Crippen LogP contribution in [0.2, 0.25) is 0 Å². The molecule has 0 aromatic heterocycles. The van der Waals surface area contributed by atoms with Crippen LogP contribution in [-0.2, 0) is 28.6 Å². The van der Waals surface area contributed by atoms with E-state index in [1.807, 2.05) is 0 Å². The predicted molar refractivity (Wildman–Crippen MR) is 80.1 cm³/mol. The van der Waals surface area contributed by atoms with E-state index in [-0.39, 0.29) is 13.2 Å². The van der Waals surface area contributed by atoms with E-state index in [1.165, 1.54) is 12.0 Å². The van der Waals surface area contributed by atoms with Crippen LogP contribution in [0.5, 0.6) is 0 Å². The molecule has 23 heavy (non-hydrogen) atoms. The molecule has 0 radical (unpaired) electrons. The van der Waals surface area contributed by atoms with Crippen molar-refractivity contribution in [2.45, 2.75) is 44.8 Å². The number of amides is 1. The van der Waals surface area contributed by atoms with Gasteiger partial charge in [-0.2, -0.15) is 8.42 Å². The highest BCUT2D eigenvalue weighted by molar-refractivity contribution is 7.85. The number of carbonyl (C=O) groups is 2. The van der Waals surface area contributed by atoms with E-state index in [4.69, 9.17) is 13.7 Å². The summed E-state index contributed by atoms with van der Waals surface area (Å²) in [5.41, 5.74) is -2.34. The Labute approximate surface area is 136 Å². The van der Waals surface area contributed by atoms with Gasteiger partial charge >= 0.3 is 12.1 Å². The van der Waals surface area contributed by atoms with Crippen molar-refractivity contribution < 1.29 is 31.7 Å². The Kier molecular flexibility index (Phi) is 4.18. The first-order valence-electron chi connectivity index (χ1n) is 7.26. The lowest BCUT2D eigenvalue weighted by atomic mass is 9.62. The van der Waals surface area contributed by atoms with Gasteiger partial charge in [0.1, 0.15) is 11.1 Å². The van der Waals surface area contributed by atoms with Gasteiger partial charge in [-0.3, -0.25) is 9.08 Å². The molecule has 8 nitrogen and oxygen atoms in total. The number of carbonyl (C=O) groups excluding carboxylic acids is 2. The molecule has 2 aliphatic heterocycles. The van der Waals surface area contributed by atoms with Crippen molar-refractivity contribution in [3.63, 3.8) is 0 Å². The van der Waals surface area contributed by atoms with Gasteiger partial charge in [0.15, 0.2) is 0 Å². The van der Waals surface area contributed by atoms with Gasteiger partial charge in [-0.25, -0.2) is 9.59 Å². The van der Waals surface area contributed by atoms with Crippen molar-refractivity contribution in [3.05, 3.63) is 0 Å². The minimum absolute atomic E-state index is 0.0656. The predicted octanol–water partition coefficient (Wildman–Crippen LogP) is 0.905. The maximum Gasteiger partial charge on any atom is 0.411 e. The van der Waals surface area contributed by atoms with Gasteiger partial charge < -0.3 is 9.47 Å². The summed E-state index contributed by atoms with van der Waals surface area (Å²) in [4.78, 5) is 25.9. The van der Waals surface area contributed by atoms with Crippen molar-refractivity contribution in [2.24, 2.45) is 5.41 Å². The summed E-state index contributed by atoms with van der Waals surface area (Å²) >= 11 is 0. The fraction of sp³-hybridized carbons (Fsp3) is 0.857. The van der Waals surface area contributed by atoms with Crippen LogP contribution in [0.25, 0.3) is 0 Å². The SMILES string of the molecule is COC(=O)C12CC(COS(C)(=O)=O)(CN1C(=O)OC(C)(C)C)C2. The monoisotopic (exact) mass is 349 g/mol. The van der Waals surface area contributed by atoms with Crippen molar-refractivity contribution in [2.75, 3.05) is 26.5 Å². The highest BCUT2D eigenvalue weighted by Gasteiger charge is 2.72. The van der Waals surface area contributed by atoms with Gasteiger partial charge in [0.05, 0.1) is 20.0 Å². The molecule has 0 spiro atoms. The van der Waals surface area contributed by atoms with Crippen LogP contribution in [0.15, 0.2) is 0 Å². The molecule has 132 valence electrons. The molecule has 1 saturated carbocycles. The molecule has 3 fully saturated rings. The Bertz CT molecular complexity index is 614. The quantitative estimate of drug-likeness (QED) is 0.549. The van der Waals surface area contributed by atoms with Gasteiger partial charge in [0.25, 0.3) is 10.1 Å². The van der Waals surface area contributed by atoms with Crippen LogP contribution in [0, 0.1) is 5.41 Å². The van der Waals surface area contributed by atoms with Crippen LogP contribution in [0.1, 0.15) is 33.6 Å². The van der Waals surface area contributed by atoms with Crippen LogP contribution in [0.3, 0.4) is 0 Å². The number of hydrogen-bond donors (Lipinski definition) is 0. The Hall–Kier alpha value is -1.35. The summed E-state index contributed by atoms with van der Waals surface area (Å²) in [5.74, 6) is -0.518. The highest BCUT2D eigenvalue weighted by Crippen LogP contribution is 2.60. The molecule has 9 heteroatoms. The zero-order valence-corrected chi connectivity index (χ0v) is 14.9. The summed E-state index contributed by atoms with van der Waals surface area (Å²) in [6.45, 7) is 5.34. The zero-order chi connectivity index (χ0) is 17.7. The second-order valence-electron chi connectivity index (χ2n) is 7.41. The molecule has 0 N–H and O–H groups in total. The first-order chi connectivity index (χ1) is 10.3. The third-order valence-electron chi connectivity index (χ3n) is 4.10. The molecule has 0 atom stereocenters. The van der Waals surface area contributed by atoms with Crippen molar-refractivity contribution in [3.8, 4) is 0 Å². The van der Waals surface area contributed by atoms with Gasteiger partial charge in [-0.1, -0.05) is 0 Å². The van der Waals surface area contributed by atoms with E-state index in [9.17, 15) is 18.0 Å². The molecule has 3 rings (SSSR count). The number of nitrogens with zero attached hydrogens (tertiary/aromatic N) is 1. The molecule has 0 unspecified atom stereocenters. The smallest absolute Gasteiger partial charge is 0.411 e. The Morgan fingerprint density at radius 1 is 1.22 bits per heavy atom. The van der Waals surface area contributed by atoms with Gasteiger partial charge in [0, 0.05) is 12.0 Å². The fourth-order valence-corrected chi connectivity index (χ4v) is 3.82. The lowest BCUT2D eigenvalue weighted by Gasteiger charge is -2.44.